The summed E-state index contributed by atoms with van der Waals surface area (Å²) in [6, 6.07) is 3.89. The van der Waals surface area contributed by atoms with Crippen LogP contribution in [0.3, 0.4) is 0 Å². The molecule has 0 heterocycles. The number of hydrogen-bond donors (Lipinski definition) is 1. The van der Waals surface area contributed by atoms with Crippen molar-refractivity contribution in [3.05, 3.63) is 28.3 Å². The van der Waals surface area contributed by atoms with Gasteiger partial charge >= 0.3 is 0 Å². The first-order valence-corrected chi connectivity index (χ1v) is 5.40. The minimum absolute atomic E-state index is 0.0945. The van der Waals surface area contributed by atoms with E-state index in [9.17, 15) is 4.79 Å². The standard InChI is InChI=1S/C13H14N2O/c1-7-5-10(13(16)9-3-4-9)12(15)11(6-14)8(7)2/h5,9H,3-4,15H2,1-2H3. The molecule has 0 unspecified atom stereocenters. The van der Waals surface area contributed by atoms with Crippen LogP contribution >= 0.6 is 0 Å². The topological polar surface area (TPSA) is 66.9 Å². The third-order valence-corrected chi connectivity index (χ3v) is 3.21. The van der Waals surface area contributed by atoms with Crippen LogP contribution in [0.15, 0.2) is 6.07 Å². The summed E-state index contributed by atoms with van der Waals surface area (Å²) in [6.07, 6.45) is 1.90. The van der Waals surface area contributed by atoms with Gasteiger partial charge in [0.05, 0.1) is 11.3 Å². The van der Waals surface area contributed by atoms with Gasteiger partial charge in [-0.25, -0.2) is 0 Å². The molecule has 2 rings (SSSR count). The highest BCUT2D eigenvalue weighted by Gasteiger charge is 2.32. The molecule has 3 heteroatoms. The number of nitrogens with zero attached hydrogens (tertiary/aromatic N) is 1. The number of rotatable bonds is 2. The van der Waals surface area contributed by atoms with E-state index in [4.69, 9.17) is 11.0 Å². The molecule has 1 aromatic rings. The Morgan fingerprint density at radius 1 is 1.50 bits per heavy atom. The van der Waals surface area contributed by atoms with Gasteiger partial charge in [-0.05, 0) is 43.9 Å². The fraction of sp³-hybridized carbons (Fsp3) is 0.385. The lowest BCUT2D eigenvalue weighted by molar-refractivity contribution is 0.0968. The average molecular weight is 214 g/mol. The predicted molar refractivity (Wildman–Crippen MR) is 62.1 cm³/mol. The van der Waals surface area contributed by atoms with Gasteiger partial charge in [-0.1, -0.05) is 0 Å². The van der Waals surface area contributed by atoms with Crippen molar-refractivity contribution in [2.24, 2.45) is 5.92 Å². The molecule has 0 saturated heterocycles. The van der Waals surface area contributed by atoms with Gasteiger partial charge in [-0.3, -0.25) is 4.79 Å². The highest BCUT2D eigenvalue weighted by molar-refractivity contribution is 6.04. The number of nitriles is 1. The lowest BCUT2D eigenvalue weighted by atomic mass is 9.94. The molecule has 0 spiro atoms. The number of Topliss-reactive ketones (excluding diaryl/α,β-unsaturated/α-hetero) is 1. The Balaban J connectivity index is 2.58. The maximum absolute atomic E-state index is 12.0. The van der Waals surface area contributed by atoms with Crippen molar-refractivity contribution >= 4 is 11.5 Å². The van der Waals surface area contributed by atoms with Crippen molar-refractivity contribution in [1.82, 2.24) is 0 Å². The molecule has 1 aliphatic rings. The molecule has 3 nitrogen and oxygen atoms in total. The van der Waals surface area contributed by atoms with Gasteiger partial charge in [-0.15, -0.1) is 0 Å². The predicted octanol–water partition coefficient (Wildman–Crippen LogP) is 2.35. The summed E-state index contributed by atoms with van der Waals surface area (Å²) in [7, 11) is 0. The Kier molecular flexibility index (Phi) is 2.43. The maximum atomic E-state index is 12.0. The van der Waals surface area contributed by atoms with Crippen molar-refractivity contribution in [3.63, 3.8) is 0 Å². The number of anilines is 1. The van der Waals surface area contributed by atoms with E-state index in [2.05, 4.69) is 6.07 Å². The maximum Gasteiger partial charge on any atom is 0.168 e. The van der Waals surface area contributed by atoms with Gasteiger partial charge in [0, 0.05) is 11.5 Å². The fourth-order valence-corrected chi connectivity index (χ4v) is 1.85. The largest absolute Gasteiger partial charge is 0.397 e. The molecule has 0 aliphatic heterocycles. The van der Waals surface area contributed by atoms with Gasteiger partial charge in [0.25, 0.3) is 0 Å². The number of nitrogens with two attached hydrogens (primary N) is 1. The van der Waals surface area contributed by atoms with Gasteiger partial charge in [0.1, 0.15) is 6.07 Å². The third-order valence-electron chi connectivity index (χ3n) is 3.21. The van der Waals surface area contributed by atoms with E-state index in [1.165, 1.54) is 0 Å². The zero-order valence-electron chi connectivity index (χ0n) is 9.50. The highest BCUT2D eigenvalue weighted by Crippen LogP contribution is 2.35. The molecule has 0 atom stereocenters. The van der Waals surface area contributed by atoms with E-state index in [0.29, 0.717) is 16.8 Å². The summed E-state index contributed by atoms with van der Waals surface area (Å²) in [5.74, 6) is 0.230. The van der Waals surface area contributed by atoms with E-state index in [-0.39, 0.29) is 11.7 Å². The summed E-state index contributed by atoms with van der Waals surface area (Å²) < 4.78 is 0. The van der Waals surface area contributed by atoms with Gasteiger partial charge in [0.15, 0.2) is 5.78 Å². The molecular formula is C13H14N2O. The Bertz CT molecular complexity index is 508. The summed E-state index contributed by atoms with van der Waals surface area (Å²) in [5.41, 5.74) is 9.04. The molecule has 0 radical (unpaired) electrons. The van der Waals surface area contributed by atoms with Crippen LogP contribution in [0.5, 0.6) is 0 Å². The van der Waals surface area contributed by atoms with Crippen LogP contribution in [0.2, 0.25) is 0 Å². The normalized spacial score (nSPS) is 14.6. The van der Waals surface area contributed by atoms with Gasteiger partial charge in [0.2, 0.25) is 0 Å². The number of carbonyl (C=O) groups is 1. The minimum atomic E-state index is 0.0945. The first-order valence-electron chi connectivity index (χ1n) is 5.40. The number of aryl methyl sites for hydroxylation is 1. The summed E-state index contributed by atoms with van der Waals surface area (Å²) in [5, 5.41) is 9.04. The lowest BCUT2D eigenvalue weighted by Gasteiger charge is -2.11. The molecule has 0 amide bonds. The Labute approximate surface area is 94.9 Å². The SMILES string of the molecule is Cc1cc(C(=O)C2CC2)c(N)c(C#N)c1C. The molecule has 16 heavy (non-hydrogen) atoms. The zero-order chi connectivity index (χ0) is 11.9. The van der Waals surface area contributed by atoms with Crippen molar-refractivity contribution in [1.29, 1.82) is 5.26 Å². The first kappa shape index (κ1) is 10.7. The van der Waals surface area contributed by atoms with E-state index in [1.54, 1.807) is 0 Å². The number of benzene rings is 1. The van der Waals surface area contributed by atoms with Crippen LogP contribution in [0.4, 0.5) is 5.69 Å². The van der Waals surface area contributed by atoms with Crippen LogP contribution in [0, 0.1) is 31.1 Å². The van der Waals surface area contributed by atoms with Gasteiger partial charge in [-0.2, -0.15) is 5.26 Å². The van der Waals surface area contributed by atoms with Crippen LogP contribution in [-0.4, -0.2) is 5.78 Å². The van der Waals surface area contributed by atoms with Crippen LogP contribution in [0.25, 0.3) is 0 Å². The quantitative estimate of drug-likeness (QED) is 0.607. The summed E-state index contributed by atoms with van der Waals surface area (Å²) in [6.45, 7) is 3.76. The molecule has 2 N–H and O–H groups in total. The van der Waals surface area contributed by atoms with E-state index < -0.39 is 0 Å². The molecule has 0 aromatic heterocycles. The summed E-state index contributed by atoms with van der Waals surface area (Å²) >= 11 is 0. The molecule has 0 bridgehead atoms. The van der Waals surface area contributed by atoms with E-state index in [0.717, 1.165) is 24.0 Å². The Hall–Kier alpha value is -1.82. The van der Waals surface area contributed by atoms with Crippen LogP contribution < -0.4 is 5.73 Å². The molecule has 1 aliphatic carbocycles. The highest BCUT2D eigenvalue weighted by atomic mass is 16.1. The van der Waals surface area contributed by atoms with Crippen LogP contribution in [-0.2, 0) is 0 Å². The second-order valence-electron chi connectivity index (χ2n) is 4.41. The fourth-order valence-electron chi connectivity index (χ4n) is 1.85. The van der Waals surface area contributed by atoms with Crippen LogP contribution in [0.1, 0.15) is 39.9 Å². The van der Waals surface area contributed by atoms with Crippen molar-refractivity contribution in [2.75, 3.05) is 5.73 Å². The molecule has 1 aromatic carbocycles. The van der Waals surface area contributed by atoms with Crippen molar-refractivity contribution < 1.29 is 4.79 Å². The number of carbonyl (C=O) groups excluding carboxylic acids is 1. The smallest absolute Gasteiger partial charge is 0.168 e. The average Bonchev–Trinajstić information content (AvgIpc) is 3.07. The number of ketones is 1. The monoisotopic (exact) mass is 214 g/mol. The molecule has 1 fully saturated rings. The lowest BCUT2D eigenvalue weighted by Crippen LogP contribution is -2.09. The minimum Gasteiger partial charge on any atom is -0.397 e. The number of hydrogen-bond acceptors (Lipinski definition) is 3. The van der Waals surface area contributed by atoms with E-state index in [1.807, 2.05) is 19.9 Å². The second-order valence-corrected chi connectivity index (χ2v) is 4.41. The Morgan fingerprint density at radius 2 is 2.12 bits per heavy atom. The number of nitrogen functional groups attached to an aromatic ring is 1. The Morgan fingerprint density at radius 3 is 2.62 bits per heavy atom. The van der Waals surface area contributed by atoms with E-state index >= 15 is 0 Å². The van der Waals surface area contributed by atoms with Gasteiger partial charge < -0.3 is 5.73 Å². The second kappa shape index (κ2) is 3.64. The molecule has 82 valence electrons. The van der Waals surface area contributed by atoms with Crippen molar-refractivity contribution in [3.8, 4) is 6.07 Å². The zero-order valence-corrected chi connectivity index (χ0v) is 9.50. The third kappa shape index (κ3) is 1.57. The van der Waals surface area contributed by atoms with Crippen molar-refractivity contribution in [2.45, 2.75) is 26.7 Å². The molecule has 1 saturated carbocycles. The first-order chi connectivity index (χ1) is 7.56. The molecular weight excluding hydrogens is 200 g/mol. The summed E-state index contributed by atoms with van der Waals surface area (Å²) in [4.78, 5) is 12.0.